The normalized spacial score (nSPS) is 10.6. The standard InChI is InChI=1S/C11H15FN2O2/c1-7(2)8-4-13-5-9(12)11(8)14-10(15)6-16-3/h4-5,7H,6H2,1-3H3,(H,13,14,15). The molecule has 1 aromatic heterocycles. The van der Waals surface area contributed by atoms with Crippen molar-refractivity contribution in [3.8, 4) is 0 Å². The number of halogens is 1. The Hall–Kier alpha value is -1.49. The molecule has 0 radical (unpaired) electrons. The zero-order chi connectivity index (χ0) is 12.1. The largest absolute Gasteiger partial charge is 0.375 e. The quantitative estimate of drug-likeness (QED) is 0.853. The highest BCUT2D eigenvalue weighted by atomic mass is 19.1. The average Bonchev–Trinajstić information content (AvgIpc) is 2.21. The van der Waals surface area contributed by atoms with Crippen LogP contribution in [0, 0.1) is 5.82 Å². The van der Waals surface area contributed by atoms with Crippen molar-refractivity contribution in [3.05, 3.63) is 23.8 Å². The summed E-state index contributed by atoms with van der Waals surface area (Å²) in [6.45, 7) is 3.71. The van der Waals surface area contributed by atoms with E-state index >= 15 is 0 Å². The number of anilines is 1. The van der Waals surface area contributed by atoms with Gasteiger partial charge in [0.1, 0.15) is 6.61 Å². The SMILES string of the molecule is COCC(=O)Nc1c(F)cncc1C(C)C. The lowest BCUT2D eigenvalue weighted by atomic mass is 10.0. The molecule has 0 spiro atoms. The van der Waals surface area contributed by atoms with E-state index in [4.69, 9.17) is 0 Å². The average molecular weight is 226 g/mol. The zero-order valence-electron chi connectivity index (χ0n) is 9.58. The number of rotatable bonds is 4. The predicted molar refractivity (Wildman–Crippen MR) is 58.8 cm³/mol. The molecule has 1 amide bonds. The molecule has 1 N–H and O–H groups in total. The van der Waals surface area contributed by atoms with Gasteiger partial charge in [0.2, 0.25) is 5.91 Å². The Bertz CT molecular complexity index is 380. The highest BCUT2D eigenvalue weighted by Crippen LogP contribution is 2.25. The van der Waals surface area contributed by atoms with Gasteiger partial charge in [-0.15, -0.1) is 0 Å². The molecule has 0 aliphatic heterocycles. The van der Waals surface area contributed by atoms with Crippen LogP contribution in [-0.4, -0.2) is 24.6 Å². The highest BCUT2D eigenvalue weighted by Gasteiger charge is 2.14. The van der Waals surface area contributed by atoms with Crippen LogP contribution in [0.1, 0.15) is 25.3 Å². The Morgan fingerprint density at radius 1 is 1.56 bits per heavy atom. The van der Waals surface area contributed by atoms with Crippen LogP contribution in [0.4, 0.5) is 10.1 Å². The molecule has 0 fully saturated rings. The molecule has 0 saturated heterocycles. The van der Waals surface area contributed by atoms with E-state index in [1.165, 1.54) is 7.11 Å². The molecular weight excluding hydrogens is 211 g/mol. The van der Waals surface area contributed by atoms with Crippen molar-refractivity contribution in [1.29, 1.82) is 0 Å². The summed E-state index contributed by atoms with van der Waals surface area (Å²) in [7, 11) is 1.41. The Morgan fingerprint density at radius 2 is 2.25 bits per heavy atom. The van der Waals surface area contributed by atoms with E-state index in [1.54, 1.807) is 6.20 Å². The monoisotopic (exact) mass is 226 g/mol. The summed E-state index contributed by atoms with van der Waals surface area (Å²) in [5.41, 5.74) is 0.858. The van der Waals surface area contributed by atoms with Gasteiger partial charge in [-0.1, -0.05) is 13.8 Å². The fourth-order valence-corrected chi connectivity index (χ4v) is 1.33. The van der Waals surface area contributed by atoms with Gasteiger partial charge in [0.25, 0.3) is 0 Å². The first-order valence-electron chi connectivity index (χ1n) is 4.98. The lowest BCUT2D eigenvalue weighted by Crippen LogP contribution is -2.19. The number of carbonyl (C=O) groups is 1. The van der Waals surface area contributed by atoms with Gasteiger partial charge < -0.3 is 10.1 Å². The van der Waals surface area contributed by atoms with Crippen molar-refractivity contribution in [3.63, 3.8) is 0 Å². The Labute approximate surface area is 93.8 Å². The van der Waals surface area contributed by atoms with Crippen LogP contribution in [-0.2, 0) is 9.53 Å². The molecule has 1 aromatic rings. The maximum Gasteiger partial charge on any atom is 0.250 e. The van der Waals surface area contributed by atoms with E-state index in [2.05, 4.69) is 15.0 Å². The van der Waals surface area contributed by atoms with Gasteiger partial charge in [0.15, 0.2) is 5.82 Å². The van der Waals surface area contributed by atoms with Crippen LogP contribution in [0.25, 0.3) is 0 Å². The third kappa shape index (κ3) is 3.00. The maximum atomic E-state index is 13.5. The first-order chi connectivity index (χ1) is 7.56. The molecule has 0 saturated carbocycles. The second-order valence-electron chi connectivity index (χ2n) is 3.72. The molecule has 0 bridgehead atoms. The topological polar surface area (TPSA) is 51.2 Å². The number of nitrogens with zero attached hydrogens (tertiary/aromatic N) is 1. The first kappa shape index (κ1) is 12.6. The second-order valence-corrected chi connectivity index (χ2v) is 3.72. The fraction of sp³-hybridized carbons (Fsp3) is 0.455. The summed E-state index contributed by atoms with van der Waals surface area (Å²) >= 11 is 0. The van der Waals surface area contributed by atoms with Crippen LogP contribution < -0.4 is 5.32 Å². The van der Waals surface area contributed by atoms with Crippen molar-refractivity contribution < 1.29 is 13.9 Å². The van der Waals surface area contributed by atoms with Gasteiger partial charge in [-0.2, -0.15) is 0 Å². The molecule has 16 heavy (non-hydrogen) atoms. The van der Waals surface area contributed by atoms with Crippen LogP contribution in [0.2, 0.25) is 0 Å². The Kier molecular flexibility index (Phi) is 4.37. The number of hydrogen-bond donors (Lipinski definition) is 1. The van der Waals surface area contributed by atoms with Crippen molar-refractivity contribution >= 4 is 11.6 Å². The molecule has 0 unspecified atom stereocenters. The third-order valence-electron chi connectivity index (χ3n) is 2.09. The van der Waals surface area contributed by atoms with Crippen LogP contribution in [0.3, 0.4) is 0 Å². The number of nitrogens with one attached hydrogen (secondary N) is 1. The minimum atomic E-state index is -0.532. The first-order valence-corrected chi connectivity index (χ1v) is 4.98. The maximum absolute atomic E-state index is 13.5. The minimum absolute atomic E-state index is 0.0843. The van der Waals surface area contributed by atoms with Gasteiger partial charge in [0, 0.05) is 13.3 Å². The lowest BCUT2D eigenvalue weighted by molar-refractivity contribution is -0.119. The summed E-state index contributed by atoms with van der Waals surface area (Å²) in [5, 5.41) is 2.48. The van der Waals surface area contributed by atoms with Crippen molar-refractivity contribution in [2.75, 3.05) is 19.0 Å². The number of amides is 1. The molecular formula is C11H15FN2O2. The van der Waals surface area contributed by atoms with Gasteiger partial charge >= 0.3 is 0 Å². The Balaban J connectivity index is 2.97. The molecule has 0 aliphatic carbocycles. The van der Waals surface area contributed by atoms with E-state index in [-0.39, 0.29) is 24.1 Å². The fourth-order valence-electron chi connectivity index (χ4n) is 1.33. The zero-order valence-corrected chi connectivity index (χ0v) is 9.58. The number of hydrogen-bond acceptors (Lipinski definition) is 3. The molecule has 1 rings (SSSR count). The summed E-state index contributed by atoms with van der Waals surface area (Å²) in [5.74, 6) is -0.828. The number of carbonyl (C=O) groups excluding carboxylic acids is 1. The second kappa shape index (κ2) is 5.55. The third-order valence-corrected chi connectivity index (χ3v) is 2.09. The van der Waals surface area contributed by atoms with E-state index in [0.717, 1.165) is 6.20 Å². The molecule has 0 aromatic carbocycles. The summed E-state index contributed by atoms with van der Waals surface area (Å²) in [6, 6.07) is 0. The van der Waals surface area contributed by atoms with E-state index in [0.29, 0.717) is 5.56 Å². The van der Waals surface area contributed by atoms with E-state index in [9.17, 15) is 9.18 Å². The van der Waals surface area contributed by atoms with Crippen LogP contribution in [0.5, 0.6) is 0 Å². The molecule has 4 nitrogen and oxygen atoms in total. The smallest absolute Gasteiger partial charge is 0.250 e. The molecule has 0 atom stereocenters. The van der Waals surface area contributed by atoms with E-state index in [1.807, 2.05) is 13.8 Å². The summed E-state index contributed by atoms with van der Waals surface area (Å²) in [6.07, 6.45) is 2.63. The number of aromatic nitrogens is 1. The van der Waals surface area contributed by atoms with Crippen LogP contribution in [0.15, 0.2) is 12.4 Å². The highest BCUT2D eigenvalue weighted by molar-refractivity contribution is 5.92. The van der Waals surface area contributed by atoms with Gasteiger partial charge in [-0.3, -0.25) is 9.78 Å². The van der Waals surface area contributed by atoms with Crippen molar-refractivity contribution in [1.82, 2.24) is 4.98 Å². The minimum Gasteiger partial charge on any atom is -0.375 e. The summed E-state index contributed by atoms with van der Waals surface area (Å²) < 4.78 is 18.2. The van der Waals surface area contributed by atoms with Crippen molar-refractivity contribution in [2.24, 2.45) is 0 Å². The molecule has 1 heterocycles. The molecule has 5 heteroatoms. The van der Waals surface area contributed by atoms with Gasteiger partial charge in [-0.05, 0) is 11.5 Å². The number of pyridine rings is 1. The molecule has 0 aliphatic rings. The predicted octanol–water partition coefficient (Wildman–Crippen LogP) is 1.93. The Morgan fingerprint density at radius 3 is 2.81 bits per heavy atom. The number of methoxy groups -OCH3 is 1. The van der Waals surface area contributed by atoms with Gasteiger partial charge in [-0.25, -0.2) is 4.39 Å². The lowest BCUT2D eigenvalue weighted by Gasteiger charge is -2.13. The summed E-state index contributed by atoms with van der Waals surface area (Å²) in [4.78, 5) is 15.1. The van der Waals surface area contributed by atoms with Gasteiger partial charge in [0.05, 0.1) is 11.9 Å². The van der Waals surface area contributed by atoms with Crippen LogP contribution >= 0.6 is 0 Å². The molecule has 88 valence electrons. The van der Waals surface area contributed by atoms with E-state index < -0.39 is 5.82 Å². The number of ether oxygens (including phenoxy) is 1. The van der Waals surface area contributed by atoms with Crippen molar-refractivity contribution in [2.45, 2.75) is 19.8 Å².